The van der Waals surface area contributed by atoms with E-state index in [9.17, 15) is 22.0 Å². The van der Waals surface area contributed by atoms with Gasteiger partial charge in [-0.05, 0) is 30.4 Å². The maximum Gasteiger partial charge on any atom is 0.350 e. The topological polar surface area (TPSA) is 75.7 Å². The van der Waals surface area contributed by atoms with Crippen LogP contribution < -0.4 is 4.72 Å². The lowest BCUT2D eigenvalue weighted by atomic mass is 9.91. The number of hydrogen-bond acceptors (Lipinski definition) is 4. The van der Waals surface area contributed by atoms with Crippen LogP contribution in [-0.4, -0.2) is 56.3 Å². The Morgan fingerprint density at radius 2 is 1.85 bits per heavy atom. The van der Waals surface area contributed by atoms with Gasteiger partial charge in [-0.3, -0.25) is 4.79 Å². The van der Waals surface area contributed by atoms with Gasteiger partial charge in [-0.15, -0.1) is 0 Å². The predicted octanol–water partition coefficient (Wildman–Crippen LogP) is 3.33. The SMILES string of the molecule is O=C([C@H]1CCO1)N1CC2(CC2)[C@H](NS(=O)(=O)C(F)F)[C@@H]1Cc1cccc(-c2ccccc2)c1F. The Balaban J connectivity index is 1.51. The fourth-order valence-corrected chi connectivity index (χ4v) is 5.96. The molecule has 3 fully saturated rings. The van der Waals surface area contributed by atoms with E-state index in [1.807, 2.05) is 6.07 Å². The van der Waals surface area contributed by atoms with Crippen molar-refractivity contribution in [2.75, 3.05) is 13.2 Å². The van der Waals surface area contributed by atoms with Crippen LogP contribution in [0.25, 0.3) is 11.1 Å². The smallest absolute Gasteiger partial charge is 0.350 e. The van der Waals surface area contributed by atoms with E-state index in [2.05, 4.69) is 4.72 Å². The van der Waals surface area contributed by atoms with Crippen molar-refractivity contribution in [3.63, 3.8) is 0 Å². The average molecular weight is 495 g/mol. The summed E-state index contributed by atoms with van der Waals surface area (Å²) >= 11 is 0. The third-order valence-electron chi connectivity index (χ3n) is 7.20. The van der Waals surface area contributed by atoms with Crippen LogP contribution in [0.2, 0.25) is 0 Å². The van der Waals surface area contributed by atoms with Crippen LogP contribution in [0.3, 0.4) is 0 Å². The van der Waals surface area contributed by atoms with E-state index < -0.39 is 45.2 Å². The zero-order valence-electron chi connectivity index (χ0n) is 18.3. The number of likely N-dealkylation sites (tertiary alicyclic amines) is 1. The zero-order chi connectivity index (χ0) is 24.1. The first-order chi connectivity index (χ1) is 16.2. The van der Waals surface area contributed by atoms with Gasteiger partial charge in [0.1, 0.15) is 11.9 Å². The van der Waals surface area contributed by atoms with Crippen molar-refractivity contribution in [3.05, 3.63) is 59.9 Å². The van der Waals surface area contributed by atoms with Gasteiger partial charge in [-0.25, -0.2) is 17.5 Å². The molecule has 1 amide bonds. The number of benzene rings is 2. The Morgan fingerprint density at radius 3 is 2.44 bits per heavy atom. The minimum absolute atomic E-state index is 0.0108. The lowest BCUT2D eigenvalue weighted by Crippen LogP contribution is -2.53. The van der Waals surface area contributed by atoms with Crippen LogP contribution >= 0.6 is 0 Å². The first-order valence-corrected chi connectivity index (χ1v) is 12.8. The van der Waals surface area contributed by atoms with Crippen molar-refractivity contribution in [2.24, 2.45) is 5.41 Å². The van der Waals surface area contributed by atoms with Crippen molar-refractivity contribution in [1.29, 1.82) is 0 Å². The summed E-state index contributed by atoms with van der Waals surface area (Å²) in [5.74, 6) is -4.38. The lowest BCUT2D eigenvalue weighted by molar-refractivity contribution is -0.157. The molecular weight excluding hydrogens is 469 g/mol. The molecule has 1 spiro atoms. The summed E-state index contributed by atoms with van der Waals surface area (Å²) in [7, 11) is -4.91. The molecule has 2 aromatic rings. The molecule has 0 aromatic heterocycles. The minimum Gasteiger partial charge on any atom is -0.368 e. The summed E-state index contributed by atoms with van der Waals surface area (Å²) in [5, 5.41) is 0. The molecule has 2 saturated heterocycles. The van der Waals surface area contributed by atoms with Crippen LogP contribution in [0.5, 0.6) is 0 Å². The summed E-state index contributed by atoms with van der Waals surface area (Å²) in [6.45, 7) is 0.683. The van der Waals surface area contributed by atoms with E-state index >= 15 is 4.39 Å². The first-order valence-electron chi connectivity index (χ1n) is 11.3. The third-order valence-corrected chi connectivity index (χ3v) is 8.25. The number of alkyl halides is 2. The fraction of sp³-hybridized carbons (Fsp3) is 0.458. The van der Waals surface area contributed by atoms with Crippen molar-refractivity contribution < 1.29 is 31.1 Å². The number of sulfonamides is 1. The van der Waals surface area contributed by atoms with Gasteiger partial charge in [0.2, 0.25) is 0 Å². The molecule has 0 bridgehead atoms. The van der Waals surface area contributed by atoms with E-state index in [1.54, 1.807) is 42.5 Å². The number of rotatable bonds is 7. The van der Waals surface area contributed by atoms with E-state index in [0.29, 0.717) is 37.0 Å². The Bertz CT molecular complexity index is 1180. The van der Waals surface area contributed by atoms with Gasteiger partial charge in [-0.2, -0.15) is 8.78 Å². The van der Waals surface area contributed by atoms with Gasteiger partial charge >= 0.3 is 5.76 Å². The van der Waals surface area contributed by atoms with Gasteiger partial charge in [0, 0.05) is 30.0 Å². The molecule has 2 aromatic carbocycles. The summed E-state index contributed by atoms with van der Waals surface area (Å²) in [6.07, 6.45) is 1.09. The number of nitrogens with zero attached hydrogens (tertiary/aromatic N) is 1. The largest absolute Gasteiger partial charge is 0.368 e. The molecule has 1 N–H and O–H groups in total. The minimum atomic E-state index is -4.91. The summed E-state index contributed by atoms with van der Waals surface area (Å²) < 4.78 is 73.8. The quantitative estimate of drug-likeness (QED) is 0.641. The highest BCUT2D eigenvalue weighted by Gasteiger charge is 2.62. The number of carbonyl (C=O) groups excluding carboxylic acids is 1. The highest BCUT2D eigenvalue weighted by Crippen LogP contribution is 2.56. The predicted molar refractivity (Wildman–Crippen MR) is 119 cm³/mol. The molecule has 6 nitrogen and oxygen atoms in total. The molecule has 0 unspecified atom stereocenters. The van der Waals surface area contributed by atoms with Crippen molar-refractivity contribution in [1.82, 2.24) is 9.62 Å². The number of halogens is 3. The molecule has 0 radical (unpaired) electrons. The molecule has 1 saturated carbocycles. The highest BCUT2D eigenvalue weighted by atomic mass is 32.2. The Kier molecular flexibility index (Phi) is 5.94. The summed E-state index contributed by atoms with van der Waals surface area (Å²) in [4.78, 5) is 14.7. The molecule has 2 aliphatic heterocycles. The maximum absolute atomic E-state index is 15.6. The molecule has 5 rings (SSSR count). The molecule has 34 heavy (non-hydrogen) atoms. The zero-order valence-corrected chi connectivity index (χ0v) is 19.1. The number of carbonyl (C=O) groups is 1. The van der Waals surface area contributed by atoms with Gasteiger partial charge in [0.05, 0.1) is 12.6 Å². The van der Waals surface area contributed by atoms with Crippen molar-refractivity contribution in [3.8, 4) is 11.1 Å². The monoisotopic (exact) mass is 494 g/mol. The van der Waals surface area contributed by atoms with Gasteiger partial charge in [-0.1, -0.05) is 48.5 Å². The second-order valence-electron chi connectivity index (χ2n) is 9.29. The second-order valence-corrected chi connectivity index (χ2v) is 11.0. The van der Waals surface area contributed by atoms with Crippen LogP contribution in [0.15, 0.2) is 48.5 Å². The number of hydrogen-bond donors (Lipinski definition) is 1. The Morgan fingerprint density at radius 1 is 1.15 bits per heavy atom. The van der Waals surface area contributed by atoms with E-state index in [0.717, 1.165) is 0 Å². The van der Waals surface area contributed by atoms with Crippen LogP contribution in [0, 0.1) is 11.2 Å². The van der Waals surface area contributed by atoms with E-state index in [-0.39, 0.29) is 24.4 Å². The Hall–Kier alpha value is -2.43. The number of amides is 1. The van der Waals surface area contributed by atoms with Crippen molar-refractivity contribution in [2.45, 2.75) is 49.6 Å². The molecule has 3 atom stereocenters. The van der Waals surface area contributed by atoms with Gasteiger partial charge < -0.3 is 9.64 Å². The third kappa shape index (κ3) is 4.12. The van der Waals surface area contributed by atoms with Crippen LogP contribution in [0.1, 0.15) is 24.8 Å². The van der Waals surface area contributed by atoms with Gasteiger partial charge in [0.15, 0.2) is 0 Å². The molecule has 1 aliphatic carbocycles. The van der Waals surface area contributed by atoms with E-state index in [4.69, 9.17) is 4.74 Å². The van der Waals surface area contributed by atoms with Gasteiger partial charge in [0.25, 0.3) is 15.9 Å². The van der Waals surface area contributed by atoms with Crippen LogP contribution in [-0.2, 0) is 26.0 Å². The molecule has 10 heteroatoms. The second kappa shape index (κ2) is 8.66. The Labute approximate surface area is 196 Å². The number of ether oxygens (including phenoxy) is 1. The average Bonchev–Trinajstić information content (AvgIpc) is 3.49. The fourth-order valence-electron chi connectivity index (χ4n) is 5.09. The summed E-state index contributed by atoms with van der Waals surface area (Å²) in [6, 6.07) is 12.2. The normalized spacial score (nSPS) is 25.5. The standard InChI is InChI=1S/C24H25F3N2O4S/c25-20-16(7-4-8-17(20)15-5-2-1-3-6-15)13-18-21(28-34(31,32)23(26)27)24(10-11-24)14-29(18)22(30)19-9-12-33-19/h1-8,18-19,21,23,28H,9-14H2/t18-,19+,21+/m0/s1. The van der Waals surface area contributed by atoms with Crippen molar-refractivity contribution >= 4 is 15.9 Å². The van der Waals surface area contributed by atoms with Crippen LogP contribution in [0.4, 0.5) is 13.2 Å². The van der Waals surface area contributed by atoms with E-state index in [1.165, 1.54) is 4.90 Å². The maximum atomic E-state index is 15.6. The lowest BCUT2D eigenvalue weighted by Gasteiger charge is -2.34. The number of nitrogens with one attached hydrogen (secondary N) is 1. The summed E-state index contributed by atoms with van der Waals surface area (Å²) in [5.41, 5.74) is 0.719. The molecule has 182 valence electrons. The first kappa shape index (κ1) is 23.3. The molecule has 3 aliphatic rings. The molecular formula is C24H25F3N2O4S. The highest BCUT2D eigenvalue weighted by molar-refractivity contribution is 7.89. The molecule has 2 heterocycles.